The van der Waals surface area contributed by atoms with Gasteiger partial charge < -0.3 is 18.9 Å². The van der Waals surface area contributed by atoms with Crippen LogP contribution in [-0.4, -0.2) is 45.1 Å². The van der Waals surface area contributed by atoms with Gasteiger partial charge in [-0.3, -0.25) is 5.43 Å². The molecule has 8 nitrogen and oxygen atoms in total. The van der Waals surface area contributed by atoms with Crippen LogP contribution in [0.5, 0.6) is 0 Å². The highest BCUT2D eigenvalue weighted by Gasteiger charge is 2.38. The minimum absolute atomic E-state index is 0.0810. The zero-order valence-electron chi connectivity index (χ0n) is 13.9. The summed E-state index contributed by atoms with van der Waals surface area (Å²) < 4.78 is 21.2. The molecule has 0 saturated carbocycles. The van der Waals surface area contributed by atoms with Crippen LogP contribution in [-0.2, 0) is 28.5 Å². The molecule has 132 valence electrons. The average molecular weight is 346 g/mol. The topological polar surface area (TPSA) is 95.5 Å². The number of fused-ring (bicyclic) bond motifs is 1. The number of carbonyl (C=O) groups is 2. The Morgan fingerprint density at radius 1 is 1.12 bits per heavy atom. The van der Waals surface area contributed by atoms with Crippen LogP contribution in [0.4, 0.5) is 0 Å². The fourth-order valence-corrected chi connectivity index (χ4v) is 2.73. The summed E-state index contributed by atoms with van der Waals surface area (Å²) in [6, 6.07) is 9.40. The number of hydrogen-bond acceptors (Lipinski definition) is 8. The van der Waals surface area contributed by atoms with E-state index in [2.05, 4.69) is 10.5 Å². The molecule has 25 heavy (non-hydrogen) atoms. The lowest BCUT2D eigenvalue weighted by molar-refractivity contribution is -0.137. The summed E-state index contributed by atoms with van der Waals surface area (Å²) in [5, 5.41) is 3.97. The van der Waals surface area contributed by atoms with Gasteiger partial charge in [-0.2, -0.15) is 5.10 Å². The van der Waals surface area contributed by atoms with Crippen LogP contribution in [0.1, 0.15) is 11.9 Å². The first-order chi connectivity index (χ1) is 12.2. The summed E-state index contributed by atoms with van der Waals surface area (Å²) in [4.78, 5) is 24.0. The van der Waals surface area contributed by atoms with E-state index in [0.29, 0.717) is 5.57 Å². The number of hydrazone groups is 1. The summed E-state index contributed by atoms with van der Waals surface area (Å²) >= 11 is 0. The molecule has 1 N–H and O–H groups in total. The largest absolute Gasteiger partial charge is 0.464 e. The maximum Gasteiger partial charge on any atom is 0.356 e. The van der Waals surface area contributed by atoms with Crippen LogP contribution in [0.3, 0.4) is 0 Å². The van der Waals surface area contributed by atoms with Gasteiger partial charge in [-0.05, 0) is 5.57 Å². The van der Waals surface area contributed by atoms with Gasteiger partial charge in [0.1, 0.15) is 5.70 Å². The Balaban J connectivity index is 1.93. The number of nitrogens with zero attached hydrogens (tertiary/aromatic N) is 1. The second-order valence-corrected chi connectivity index (χ2v) is 5.43. The summed E-state index contributed by atoms with van der Waals surface area (Å²) in [7, 11) is 2.54. The Kier molecular flexibility index (Phi) is 5.11. The van der Waals surface area contributed by atoms with Crippen molar-refractivity contribution in [2.75, 3.05) is 27.4 Å². The second-order valence-electron chi connectivity index (χ2n) is 5.43. The Labute approximate surface area is 144 Å². The molecule has 0 spiro atoms. The molecular weight excluding hydrogens is 328 g/mol. The van der Waals surface area contributed by atoms with Crippen LogP contribution >= 0.6 is 0 Å². The molecule has 0 radical (unpaired) electrons. The molecule has 1 saturated heterocycles. The highest BCUT2D eigenvalue weighted by Crippen LogP contribution is 2.31. The van der Waals surface area contributed by atoms with Crippen molar-refractivity contribution in [2.24, 2.45) is 11.0 Å². The van der Waals surface area contributed by atoms with E-state index in [1.165, 1.54) is 14.2 Å². The van der Waals surface area contributed by atoms with Crippen LogP contribution in [0.25, 0.3) is 0 Å². The Morgan fingerprint density at radius 2 is 1.84 bits per heavy atom. The third-order valence-corrected chi connectivity index (χ3v) is 4.02. The molecule has 0 aromatic heterocycles. The van der Waals surface area contributed by atoms with Gasteiger partial charge >= 0.3 is 11.9 Å². The van der Waals surface area contributed by atoms with Gasteiger partial charge in [-0.1, -0.05) is 30.3 Å². The molecule has 0 bridgehead atoms. The number of carbonyl (C=O) groups excluding carboxylic acids is 2. The maximum absolute atomic E-state index is 12.0. The Bertz CT molecular complexity index is 728. The normalized spacial score (nSPS) is 22.9. The van der Waals surface area contributed by atoms with Crippen LogP contribution in [0.15, 0.2) is 46.7 Å². The van der Waals surface area contributed by atoms with Crippen LogP contribution < -0.4 is 5.43 Å². The fraction of sp³-hybridized carbons (Fsp3) is 0.353. The van der Waals surface area contributed by atoms with Gasteiger partial charge in [0.05, 0.1) is 33.4 Å². The summed E-state index contributed by atoms with van der Waals surface area (Å²) in [5.74, 6) is -1.74. The second kappa shape index (κ2) is 7.45. The minimum Gasteiger partial charge on any atom is -0.464 e. The summed E-state index contributed by atoms with van der Waals surface area (Å²) in [6.07, 6.45) is -0.614. The standard InChI is InChI=1S/C17H18N2O6/c1-22-15(20)13-11-8-24-17(10-6-4-3-5-7-10)25-9-12(11)14(19-18-13)16(21)23-2/h3-7,11,17,19H,8-9H2,1-2H3/t11-,17-/m1/s1. The molecule has 1 aromatic carbocycles. The van der Waals surface area contributed by atoms with Crippen molar-refractivity contribution in [1.29, 1.82) is 0 Å². The van der Waals surface area contributed by atoms with Crippen molar-refractivity contribution in [3.63, 3.8) is 0 Å². The van der Waals surface area contributed by atoms with Gasteiger partial charge in [0.2, 0.25) is 0 Å². The fourth-order valence-electron chi connectivity index (χ4n) is 2.73. The first kappa shape index (κ1) is 17.1. The third kappa shape index (κ3) is 3.40. The molecule has 1 aromatic rings. The van der Waals surface area contributed by atoms with Gasteiger partial charge in [0.15, 0.2) is 12.0 Å². The van der Waals surface area contributed by atoms with E-state index in [-0.39, 0.29) is 24.6 Å². The summed E-state index contributed by atoms with van der Waals surface area (Å²) in [5.41, 5.74) is 4.23. The molecule has 2 aliphatic heterocycles. The van der Waals surface area contributed by atoms with E-state index >= 15 is 0 Å². The zero-order valence-corrected chi connectivity index (χ0v) is 13.9. The van der Waals surface area contributed by atoms with E-state index in [9.17, 15) is 9.59 Å². The van der Waals surface area contributed by atoms with Crippen molar-refractivity contribution in [3.8, 4) is 0 Å². The lowest BCUT2D eigenvalue weighted by Gasteiger charge is -2.24. The molecule has 2 atom stereocenters. The van der Waals surface area contributed by atoms with Crippen molar-refractivity contribution < 1.29 is 28.5 Å². The van der Waals surface area contributed by atoms with Gasteiger partial charge in [0, 0.05) is 5.56 Å². The van der Waals surface area contributed by atoms with E-state index in [0.717, 1.165) is 5.56 Å². The number of rotatable bonds is 3. The zero-order chi connectivity index (χ0) is 17.8. The highest BCUT2D eigenvalue weighted by atomic mass is 16.7. The maximum atomic E-state index is 12.0. The quantitative estimate of drug-likeness (QED) is 0.813. The van der Waals surface area contributed by atoms with Crippen molar-refractivity contribution in [2.45, 2.75) is 6.29 Å². The molecule has 8 heteroatoms. The monoisotopic (exact) mass is 346 g/mol. The number of ether oxygens (including phenoxy) is 4. The molecule has 0 aliphatic carbocycles. The van der Waals surface area contributed by atoms with Crippen molar-refractivity contribution >= 4 is 17.7 Å². The number of methoxy groups -OCH3 is 2. The molecule has 0 amide bonds. The average Bonchev–Trinajstić information content (AvgIpc) is 2.90. The van der Waals surface area contributed by atoms with E-state index in [4.69, 9.17) is 18.9 Å². The number of nitrogens with one attached hydrogen (secondary N) is 1. The van der Waals surface area contributed by atoms with Crippen LogP contribution in [0, 0.1) is 5.92 Å². The molecule has 2 heterocycles. The number of benzene rings is 1. The van der Waals surface area contributed by atoms with Gasteiger partial charge in [0.25, 0.3) is 0 Å². The van der Waals surface area contributed by atoms with Crippen molar-refractivity contribution in [1.82, 2.24) is 5.43 Å². The van der Waals surface area contributed by atoms with E-state index in [1.54, 1.807) is 0 Å². The lowest BCUT2D eigenvalue weighted by atomic mass is 9.92. The number of hydrogen-bond donors (Lipinski definition) is 1. The first-order valence-corrected chi connectivity index (χ1v) is 7.67. The Morgan fingerprint density at radius 3 is 2.52 bits per heavy atom. The molecular formula is C17H18N2O6. The molecule has 3 rings (SSSR count). The van der Waals surface area contributed by atoms with Crippen molar-refractivity contribution in [3.05, 3.63) is 47.2 Å². The predicted molar refractivity (Wildman–Crippen MR) is 86.2 cm³/mol. The highest BCUT2D eigenvalue weighted by molar-refractivity contribution is 6.38. The van der Waals surface area contributed by atoms with Gasteiger partial charge in [-0.15, -0.1) is 0 Å². The number of esters is 2. The lowest BCUT2D eigenvalue weighted by Crippen LogP contribution is -2.39. The smallest absolute Gasteiger partial charge is 0.356 e. The molecule has 0 unspecified atom stereocenters. The third-order valence-electron chi connectivity index (χ3n) is 4.02. The van der Waals surface area contributed by atoms with Gasteiger partial charge in [-0.25, -0.2) is 9.59 Å². The molecule has 2 aliphatic rings. The minimum atomic E-state index is -0.614. The predicted octanol–water partition coefficient (Wildman–Crippen LogP) is 0.907. The van der Waals surface area contributed by atoms with Crippen LogP contribution in [0.2, 0.25) is 0 Å². The van der Waals surface area contributed by atoms with E-state index in [1.807, 2.05) is 30.3 Å². The summed E-state index contributed by atoms with van der Waals surface area (Å²) in [6.45, 7) is 0.197. The Hall–Kier alpha value is -2.71. The molecule has 1 fully saturated rings. The first-order valence-electron chi connectivity index (χ1n) is 7.67. The van der Waals surface area contributed by atoms with E-state index < -0.39 is 24.1 Å². The SMILES string of the molecule is COC(=O)C1=NNC(C(=O)OC)=C2CO[C@H](c3ccccc3)OC[C@@H]12.